The molecule has 0 saturated heterocycles. The van der Waals surface area contributed by atoms with Crippen LogP contribution in [0.2, 0.25) is 0 Å². The summed E-state index contributed by atoms with van der Waals surface area (Å²) in [5, 5.41) is 8.54. The summed E-state index contributed by atoms with van der Waals surface area (Å²) in [5.41, 5.74) is 0.610. The number of ketones is 1. The van der Waals surface area contributed by atoms with E-state index in [0.29, 0.717) is 18.6 Å². The van der Waals surface area contributed by atoms with Gasteiger partial charge < -0.3 is 9.84 Å². The zero-order valence-corrected chi connectivity index (χ0v) is 12.6. The minimum atomic E-state index is -0.866. The van der Waals surface area contributed by atoms with Gasteiger partial charge in [0.25, 0.3) is 0 Å². The molecule has 0 aliphatic heterocycles. The summed E-state index contributed by atoms with van der Waals surface area (Å²) >= 11 is 0. The smallest absolute Gasteiger partial charge is 0.303 e. The lowest BCUT2D eigenvalue weighted by atomic mass is 10.1. The Labute approximate surface area is 126 Å². The van der Waals surface area contributed by atoms with Gasteiger partial charge in [-0.05, 0) is 37.1 Å². The van der Waals surface area contributed by atoms with Gasteiger partial charge in [-0.1, -0.05) is 26.2 Å². The maximum absolute atomic E-state index is 11.8. The molecule has 0 spiro atoms. The largest absolute Gasteiger partial charge is 0.494 e. The van der Waals surface area contributed by atoms with E-state index in [-0.39, 0.29) is 18.6 Å². The number of hydrogen-bond acceptors (Lipinski definition) is 3. The molecule has 21 heavy (non-hydrogen) atoms. The molecule has 0 aromatic heterocycles. The van der Waals surface area contributed by atoms with Crippen LogP contribution in [0.1, 0.15) is 62.2 Å². The Morgan fingerprint density at radius 2 is 1.71 bits per heavy atom. The fraction of sp³-hybridized carbons (Fsp3) is 0.529. The molecule has 0 saturated carbocycles. The van der Waals surface area contributed by atoms with Crippen LogP contribution in [-0.2, 0) is 4.79 Å². The maximum Gasteiger partial charge on any atom is 0.303 e. The predicted molar refractivity (Wildman–Crippen MR) is 81.9 cm³/mol. The van der Waals surface area contributed by atoms with Gasteiger partial charge in [0.1, 0.15) is 5.75 Å². The zero-order valence-electron chi connectivity index (χ0n) is 12.6. The van der Waals surface area contributed by atoms with Crippen molar-refractivity contribution in [3.8, 4) is 5.75 Å². The molecule has 0 atom stereocenters. The Bertz CT molecular complexity index is 437. The van der Waals surface area contributed by atoms with Gasteiger partial charge in [-0.15, -0.1) is 0 Å². The normalized spacial score (nSPS) is 10.3. The Hall–Kier alpha value is -1.84. The molecule has 4 nitrogen and oxygen atoms in total. The summed E-state index contributed by atoms with van der Waals surface area (Å²) in [4.78, 5) is 22.2. The average Bonchev–Trinajstić information content (AvgIpc) is 2.47. The second kappa shape index (κ2) is 9.97. The number of hydrogen-bond donors (Lipinski definition) is 1. The van der Waals surface area contributed by atoms with Gasteiger partial charge in [0.05, 0.1) is 6.61 Å². The number of aliphatic carboxylic acids is 1. The van der Waals surface area contributed by atoms with Crippen LogP contribution >= 0.6 is 0 Å². The lowest BCUT2D eigenvalue weighted by Gasteiger charge is -2.06. The van der Waals surface area contributed by atoms with Crippen LogP contribution in [-0.4, -0.2) is 23.5 Å². The molecule has 4 heteroatoms. The van der Waals surface area contributed by atoms with Crippen molar-refractivity contribution in [1.29, 1.82) is 0 Å². The number of ether oxygens (including phenoxy) is 1. The molecule has 0 fully saturated rings. The van der Waals surface area contributed by atoms with Crippen LogP contribution in [0.15, 0.2) is 24.3 Å². The highest BCUT2D eigenvalue weighted by molar-refractivity contribution is 5.96. The quantitative estimate of drug-likeness (QED) is 0.493. The number of carboxylic acids is 1. The lowest BCUT2D eigenvalue weighted by Crippen LogP contribution is -2.02. The molecule has 0 amide bonds. The Morgan fingerprint density at radius 1 is 1.00 bits per heavy atom. The number of carbonyl (C=O) groups excluding carboxylic acids is 1. The van der Waals surface area contributed by atoms with E-state index < -0.39 is 5.97 Å². The first kappa shape index (κ1) is 17.2. The van der Waals surface area contributed by atoms with Gasteiger partial charge in [-0.2, -0.15) is 0 Å². The van der Waals surface area contributed by atoms with Crippen molar-refractivity contribution in [1.82, 2.24) is 0 Å². The van der Waals surface area contributed by atoms with Crippen molar-refractivity contribution in [2.24, 2.45) is 0 Å². The molecule has 0 aliphatic carbocycles. The number of Topliss-reactive ketones (excluding diaryl/α,β-unsaturated/α-hetero) is 1. The van der Waals surface area contributed by atoms with E-state index in [1.165, 1.54) is 19.3 Å². The summed E-state index contributed by atoms with van der Waals surface area (Å²) in [5.74, 6) is -0.117. The van der Waals surface area contributed by atoms with Gasteiger partial charge in [0.15, 0.2) is 5.78 Å². The Balaban J connectivity index is 2.32. The molecule has 1 N–H and O–H groups in total. The topological polar surface area (TPSA) is 63.6 Å². The van der Waals surface area contributed by atoms with Crippen LogP contribution in [0.3, 0.4) is 0 Å². The van der Waals surface area contributed by atoms with Gasteiger partial charge >= 0.3 is 5.97 Å². The highest BCUT2D eigenvalue weighted by Gasteiger charge is 2.07. The van der Waals surface area contributed by atoms with E-state index in [1.807, 2.05) is 0 Å². The van der Waals surface area contributed by atoms with Crippen molar-refractivity contribution in [3.63, 3.8) is 0 Å². The van der Waals surface area contributed by atoms with Gasteiger partial charge in [0.2, 0.25) is 0 Å². The summed E-state index contributed by atoms with van der Waals surface area (Å²) in [6, 6.07) is 7.07. The van der Waals surface area contributed by atoms with Crippen molar-refractivity contribution < 1.29 is 19.4 Å². The van der Waals surface area contributed by atoms with Crippen molar-refractivity contribution in [3.05, 3.63) is 29.8 Å². The summed E-state index contributed by atoms with van der Waals surface area (Å²) < 4.78 is 5.61. The van der Waals surface area contributed by atoms with E-state index in [1.54, 1.807) is 24.3 Å². The third-order valence-electron chi connectivity index (χ3n) is 3.24. The van der Waals surface area contributed by atoms with E-state index in [9.17, 15) is 9.59 Å². The molecule has 0 aliphatic rings. The molecule has 1 rings (SSSR count). The van der Waals surface area contributed by atoms with Crippen molar-refractivity contribution in [2.75, 3.05) is 6.61 Å². The molecule has 1 aromatic carbocycles. The fourth-order valence-corrected chi connectivity index (χ4v) is 2.00. The third-order valence-corrected chi connectivity index (χ3v) is 3.24. The number of benzene rings is 1. The Kier molecular flexibility index (Phi) is 8.17. The molecule has 1 aromatic rings. The third kappa shape index (κ3) is 7.49. The summed E-state index contributed by atoms with van der Waals surface area (Å²) in [6.45, 7) is 2.87. The van der Waals surface area contributed by atoms with E-state index in [0.717, 1.165) is 12.2 Å². The average molecular weight is 292 g/mol. The number of carbonyl (C=O) groups is 2. The molecule has 0 bridgehead atoms. The zero-order chi connectivity index (χ0) is 15.5. The first-order valence-electron chi connectivity index (χ1n) is 7.61. The maximum atomic E-state index is 11.8. The first-order valence-corrected chi connectivity index (χ1v) is 7.61. The Morgan fingerprint density at radius 3 is 2.33 bits per heavy atom. The lowest BCUT2D eigenvalue weighted by molar-refractivity contribution is -0.137. The molecule has 116 valence electrons. The number of unbranched alkanes of at least 4 members (excludes halogenated alkanes) is 3. The molecular formula is C17H24O4. The minimum absolute atomic E-state index is 0.0225. The molecular weight excluding hydrogens is 268 g/mol. The van der Waals surface area contributed by atoms with Crippen LogP contribution in [0.4, 0.5) is 0 Å². The summed E-state index contributed by atoms with van der Waals surface area (Å²) in [6.07, 6.45) is 5.34. The van der Waals surface area contributed by atoms with E-state index >= 15 is 0 Å². The van der Waals surface area contributed by atoms with Crippen LogP contribution in [0.5, 0.6) is 5.75 Å². The van der Waals surface area contributed by atoms with Crippen molar-refractivity contribution in [2.45, 2.75) is 51.9 Å². The first-order chi connectivity index (χ1) is 10.1. The SMILES string of the molecule is CCCCCCOc1ccc(C(=O)CCCC(=O)O)cc1. The number of rotatable bonds is 11. The van der Waals surface area contributed by atoms with E-state index in [2.05, 4.69) is 6.92 Å². The van der Waals surface area contributed by atoms with Gasteiger partial charge in [-0.3, -0.25) is 9.59 Å². The second-order valence-electron chi connectivity index (χ2n) is 5.10. The predicted octanol–water partition coefficient (Wildman–Crippen LogP) is 4.08. The van der Waals surface area contributed by atoms with Gasteiger partial charge in [0, 0.05) is 18.4 Å². The standard InChI is InChI=1S/C17H24O4/c1-2-3-4-5-13-21-15-11-9-14(10-12-15)16(18)7-6-8-17(19)20/h9-12H,2-8,13H2,1H3,(H,19,20). The fourth-order valence-electron chi connectivity index (χ4n) is 2.00. The highest BCUT2D eigenvalue weighted by Crippen LogP contribution is 2.15. The highest BCUT2D eigenvalue weighted by atomic mass is 16.5. The summed E-state index contributed by atoms with van der Waals surface area (Å²) in [7, 11) is 0. The van der Waals surface area contributed by atoms with Crippen LogP contribution < -0.4 is 4.74 Å². The molecule has 0 unspecified atom stereocenters. The molecule has 0 radical (unpaired) electrons. The second-order valence-corrected chi connectivity index (χ2v) is 5.10. The van der Waals surface area contributed by atoms with Crippen LogP contribution in [0, 0.1) is 0 Å². The monoisotopic (exact) mass is 292 g/mol. The number of carboxylic acid groups (broad SMARTS) is 1. The van der Waals surface area contributed by atoms with Gasteiger partial charge in [-0.25, -0.2) is 0 Å². The van der Waals surface area contributed by atoms with Crippen molar-refractivity contribution >= 4 is 11.8 Å². The van der Waals surface area contributed by atoms with Crippen LogP contribution in [0.25, 0.3) is 0 Å². The van der Waals surface area contributed by atoms with E-state index in [4.69, 9.17) is 9.84 Å². The molecule has 0 heterocycles. The minimum Gasteiger partial charge on any atom is -0.494 e.